The molecule has 1 saturated carbocycles. The van der Waals surface area contributed by atoms with Crippen molar-refractivity contribution in [2.45, 2.75) is 38.6 Å². The van der Waals surface area contributed by atoms with E-state index in [-0.39, 0.29) is 5.84 Å². The Hall–Kier alpha value is -1.78. The van der Waals surface area contributed by atoms with Gasteiger partial charge in [0.2, 0.25) is 0 Å². The van der Waals surface area contributed by atoms with Gasteiger partial charge in [0.05, 0.1) is 5.69 Å². The van der Waals surface area contributed by atoms with Gasteiger partial charge >= 0.3 is 0 Å². The number of pyridine rings is 1. The Labute approximate surface area is 107 Å². The van der Waals surface area contributed by atoms with E-state index in [2.05, 4.69) is 22.0 Å². The number of rotatable bonds is 4. The lowest BCUT2D eigenvalue weighted by Gasteiger charge is -2.30. The van der Waals surface area contributed by atoms with Gasteiger partial charge in [-0.25, -0.2) is 0 Å². The van der Waals surface area contributed by atoms with E-state index in [1.807, 2.05) is 12.1 Å². The molecule has 2 rings (SSSR count). The molecule has 0 spiro atoms. The Balaban J connectivity index is 2.35. The third kappa shape index (κ3) is 2.39. The van der Waals surface area contributed by atoms with Crippen molar-refractivity contribution in [3.05, 3.63) is 24.0 Å². The number of hydrogen-bond donors (Lipinski definition) is 2. The van der Waals surface area contributed by atoms with Crippen LogP contribution in [0.3, 0.4) is 0 Å². The third-order valence-corrected chi connectivity index (χ3v) is 3.55. The van der Waals surface area contributed by atoms with Gasteiger partial charge in [0.15, 0.2) is 5.84 Å². The van der Waals surface area contributed by atoms with Gasteiger partial charge in [-0.1, -0.05) is 18.0 Å². The van der Waals surface area contributed by atoms with E-state index in [1.54, 1.807) is 6.20 Å². The molecule has 0 amide bonds. The first-order chi connectivity index (χ1) is 8.77. The molecule has 5 heteroatoms. The summed E-state index contributed by atoms with van der Waals surface area (Å²) in [5.74, 6) is 0.0713. The molecule has 0 saturated heterocycles. The zero-order valence-electron chi connectivity index (χ0n) is 10.7. The molecule has 1 aliphatic rings. The average molecular weight is 248 g/mol. The van der Waals surface area contributed by atoms with Crippen molar-refractivity contribution in [1.82, 2.24) is 4.98 Å². The lowest BCUT2D eigenvalue weighted by atomic mass is 10.1. The van der Waals surface area contributed by atoms with Crippen molar-refractivity contribution in [1.29, 1.82) is 0 Å². The maximum atomic E-state index is 8.84. The Morgan fingerprint density at radius 2 is 2.28 bits per heavy atom. The average Bonchev–Trinajstić information content (AvgIpc) is 2.93. The topological polar surface area (TPSA) is 74.7 Å². The Kier molecular flexibility index (Phi) is 4.02. The smallest absolute Gasteiger partial charge is 0.190 e. The number of oxime groups is 1. The Bertz CT molecular complexity index is 427. The molecule has 0 unspecified atom stereocenters. The Morgan fingerprint density at radius 1 is 1.56 bits per heavy atom. The van der Waals surface area contributed by atoms with Crippen LogP contribution in [0.1, 0.15) is 38.3 Å². The molecule has 1 aliphatic carbocycles. The van der Waals surface area contributed by atoms with Crippen LogP contribution in [0.5, 0.6) is 0 Å². The number of nitrogens with two attached hydrogens (primary N) is 1. The number of hydrogen-bond acceptors (Lipinski definition) is 4. The second kappa shape index (κ2) is 5.71. The molecule has 3 N–H and O–H groups in total. The molecule has 0 bridgehead atoms. The first-order valence-electron chi connectivity index (χ1n) is 6.47. The summed E-state index contributed by atoms with van der Waals surface area (Å²) in [7, 11) is 0. The predicted molar refractivity (Wildman–Crippen MR) is 72.0 cm³/mol. The molecule has 0 atom stereocenters. The van der Waals surface area contributed by atoms with Crippen molar-refractivity contribution < 1.29 is 5.21 Å². The normalized spacial score (nSPS) is 17.1. The predicted octanol–water partition coefficient (Wildman–Crippen LogP) is 1.95. The first-order valence-corrected chi connectivity index (χ1v) is 6.47. The van der Waals surface area contributed by atoms with E-state index in [4.69, 9.17) is 10.9 Å². The van der Waals surface area contributed by atoms with Crippen LogP contribution in [-0.2, 0) is 0 Å². The fourth-order valence-corrected chi connectivity index (χ4v) is 2.71. The summed E-state index contributed by atoms with van der Waals surface area (Å²) in [6, 6.07) is 4.42. The summed E-state index contributed by atoms with van der Waals surface area (Å²) in [6.45, 7) is 3.03. The van der Waals surface area contributed by atoms with Crippen molar-refractivity contribution in [3.8, 4) is 0 Å². The lowest BCUT2D eigenvalue weighted by Crippen LogP contribution is -2.35. The van der Waals surface area contributed by atoms with Gasteiger partial charge in [-0.05, 0) is 31.9 Å². The van der Waals surface area contributed by atoms with Gasteiger partial charge in [0.1, 0.15) is 5.69 Å². The monoisotopic (exact) mass is 248 g/mol. The van der Waals surface area contributed by atoms with Gasteiger partial charge < -0.3 is 15.8 Å². The van der Waals surface area contributed by atoms with Crippen LogP contribution in [0.2, 0.25) is 0 Å². The van der Waals surface area contributed by atoms with Crippen LogP contribution >= 0.6 is 0 Å². The standard InChI is InChI=1S/C13H20N4O/c1-2-17(10-6-3-4-7-10)11-8-5-9-15-12(11)13(14)16-18/h5,8-10,18H,2-4,6-7H2,1H3,(H2,14,16). The summed E-state index contributed by atoms with van der Waals surface area (Å²) in [5.41, 5.74) is 7.22. The third-order valence-electron chi connectivity index (χ3n) is 3.55. The molecule has 98 valence electrons. The summed E-state index contributed by atoms with van der Waals surface area (Å²) in [4.78, 5) is 6.55. The molecule has 1 fully saturated rings. The van der Waals surface area contributed by atoms with E-state index in [0.717, 1.165) is 12.2 Å². The largest absolute Gasteiger partial charge is 0.409 e. The fraction of sp³-hybridized carbons (Fsp3) is 0.538. The molecule has 1 aromatic rings. The fourth-order valence-electron chi connectivity index (χ4n) is 2.71. The van der Waals surface area contributed by atoms with Gasteiger partial charge in [-0.15, -0.1) is 0 Å². The minimum Gasteiger partial charge on any atom is -0.409 e. The zero-order chi connectivity index (χ0) is 13.0. The second-order valence-electron chi connectivity index (χ2n) is 4.58. The highest BCUT2D eigenvalue weighted by Crippen LogP contribution is 2.29. The first kappa shape index (κ1) is 12.7. The summed E-state index contributed by atoms with van der Waals surface area (Å²) in [6.07, 6.45) is 6.64. The van der Waals surface area contributed by atoms with Crippen LogP contribution in [0, 0.1) is 0 Å². The Morgan fingerprint density at radius 3 is 2.89 bits per heavy atom. The second-order valence-corrected chi connectivity index (χ2v) is 4.58. The molecule has 18 heavy (non-hydrogen) atoms. The van der Waals surface area contributed by atoms with Gasteiger partial charge in [0, 0.05) is 18.8 Å². The molecular weight excluding hydrogens is 228 g/mol. The van der Waals surface area contributed by atoms with Gasteiger partial charge in [-0.2, -0.15) is 0 Å². The van der Waals surface area contributed by atoms with Gasteiger partial charge in [0.25, 0.3) is 0 Å². The maximum Gasteiger partial charge on any atom is 0.190 e. The van der Waals surface area contributed by atoms with E-state index in [9.17, 15) is 0 Å². The van der Waals surface area contributed by atoms with Crippen molar-refractivity contribution in [2.24, 2.45) is 10.9 Å². The number of nitrogens with zero attached hydrogens (tertiary/aromatic N) is 3. The van der Waals surface area contributed by atoms with E-state index in [1.165, 1.54) is 25.7 Å². The SMILES string of the molecule is CCN(c1cccnc1/C(N)=N/O)C1CCCC1. The quantitative estimate of drug-likeness (QED) is 0.369. The molecule has 1 heterocycles. The van der Waals surface area contributed by atoms with E-state index < -0.39 is 0 Å². The van der Waals surface area contributed by atoms with Crippen molar-refractivity contribution >= 4 is 11.5 Å². The van der Waals surface area contributed by atoms with Crippen LogP contribution in [0.15, 0.2) is 23.5 Å². The molecule has 0 aromatic carbocycles. The number of amidine groups is 1. The maximum absolute atomic E-state index is 8.84. The molecule has 0 radical (unpaired) electrons. The van der Waals surface area contributed by atoms with Crippen LogP contribution < -0.4 is 10.6 Å². The van der Waals surface area contributed by atoms with Crippen LogP contribution in [0.4, 0.5) is 5.69 Å². The molecule has 1 aromatic heterocycles. The highest BCUT2D eigenvalue weighted by atomic mass is 16.4. The number of aromatic nitrogens is 1. The summed E-state index contributed by atoms with van der Waals surface area (Å²) in [5, 5.41) is 11.9. The lowest BCUT2D eigenvalue weighted by molar-refractivity contribution is 0.318. The van der Waals surface area contributed by atoms with Gasteiger partial charge in [-0.3, -0.25) is 4.98 Å². The molecular formula is C13H20N4O. The summed E-state index contributed by atoms with van der Waals surface area (Å²) < 4.78 is 0. The van der Waals surface area contributed by atoms with Crippen LogP contribution in [0.25, 0.3) is 0 Å². The zero-order valence-corrected chi connectivity index (χ0v) is 10.7. The van der Waals surface area contributed by atoms with Crippen LogP contribution in [-0.4, -0.2) is 28.6 Å². The van der Waals surface area contributed by atoms with E-state index in [0.29, 0.717) is 11.7 Å². The highest BCUT2D eigenvalue weighted by Gasteiger charge is 2.24. The summed E-state index contributed by atoms with van der Waals surface area (Å²) >= 11 is 0. The van der Waals surface area contributed by atoms with E-state index >= 15 is 0 Å². The van der Waals surface area contributed by atoms with Crippen molar-refractivity contribution in [2.75, 3.05) is 11.4 Å². The number of anilines is 1. The molecule has 5 nitrogen and oxygen atoms in total. The minimum absolute atomic E-state index is 0.0713. The highest BCUT2D eigenvalue weighted by molar-refractivity contribution is 6.00. The molecule has 0 aliphatic heterocycles. The minimum atomic E-state index is 0.0713. The van der Waals surface area contributed by atoms with Crippen molar-refractivity contribution in [3.63, 3.8) is 0 Å².